The molecule has 1 aromatic rings. The lowest BCUT2D eigenvalue weighted by Gasteiger charge is -2.21. The minimum absolute atomic E-state index is 0.0826. The molecule has 1 aromatic carbocycles. The Morgan fingerprint density at radius 2 is 1.59 bits per heavy atom. The number of aliphatic imine (C=N–C) groups is 1. The molecule has 1 N–H and O–H groups in total. The quantitative estimate of drug-likeness (QED) is 0.192. The minimum Gasteiger partial charge on any atom is -0.478 e. The van der Waals surface area contributed by atoms with Gasteiger partial charge in [0.05, 0.1) is 25.5 Å². The third kappa shape index (κ3) is 12.1. The van der Waals surface area contributed by atoms with Crippen LogP contribution in [0.2, 0.25) is 0 Å². The SMILES string of the molecule is CC(C)COP(=O)(CCC(=NC(=S)Nc1ccccc1)OC(C)C)OCC(C)C. The van der Waals surface area contributed by atoms with Crippen LogP contribution in [-0.4, -0.2) is 36.5 Å². The number of nitrogens with zero attached hydrogens (tertiary/aromatic N) is 1. The maximum atomic E-state index is 13.2. The summed E-state index contributed by atoms with van der Waals surface area (Å²) in [5.41, 5.74) is 0.844. The number of hydrogen-bond acceptors (Lipinski definition) is 5. The van der Waals surface area contributed by atoms with Crippen LogP contribution in [0.15, 0.2) is 35.3 Å². The van der Waals surface area contributed by atoms with Gasteiger partial charge in [0, 0.05) is 12.1 Å². The number of para-hydroxylation sites is 1. The summed E-state index contributed by atoms with van der Waals surface area (Å²) in [6.45, 7) is 12.6. The molecule has 0 saturated heterocycles. The molecular formula is C21H35N2O4PS. The summed E-state index contributed by atoms with van der Waals surface area (Å²) in [5, 5.41) is 3.34. The monoisotopic (exact) mass is 442 g/mol. The summed E-state index contributed by atoms with van der Waals surface area (Å²) in [6.07, 6.45) is 0.412. The molecule has 0 fully saturated rings. The summed E-state index contributed by atoms with van der Waals surface area (Å²) >= 11 is 5.33. The fourth-order valence-corrected chi connectivity index (χ4v) is 4.19. The lowest BCUT2D eigenvalue weighted by atomic mass is 10.2. The molecule has 0 aliphatic heterocycles. The molecule has 6 nitrogen and oxygen atoms in total. The Kier molecular flexibility index (Phi) is 11.7. The Hall–Kier alpha value is -1.27. The highest BCUT2D eigenvalue weighted by atomic mass is 32.1. The van der Waals surface area contributed by atoms with Crippen LogP contribution >= 0.6 is 19.8 Å². The number of nitrogens with one attached hydrogen (secondary N) is 1. The van der Waals surface area contributed by atoms with Crippen molar-refractivity contribution in [2.45, 2.75) is 54.1 Å². The van der Waals surface area contributed by atoms with Gasteiger partial charge in [0.1, 0.15) is 0 Å². The van der Waals surface area contributed by atoms with Crippen molar-refractivity contribution in [3.05, 3.63) is 30.3 Å². The van der Waals surface area contributed by atoms with Gasteiger partial charge in [0.15, 0.2) is 11.0 Å². The number of thiocarbonyl (C=S) groups is 1. The van der Waals surface area contributed by atoms with E-state index in [0.29, 0.717) is 25.5 Å². The summed E-state index contributed by atoms with van der Waals surface area (Å²) in [5.74, 6) is 0.928. The number of anilines is 1. The third-order valence-corrected chi connectivity index (χ3v) is 5.48. The Balaban J connectivity index is 2.84. The molecule has 0 bridgehead atoms. The van der Waals surface area contributed by atoms with Gasteiger partial charge in [-0.25, -0.2) is 0 Å². The Morgan fingerprint density at radius 1 is 1.03 bits per heavy atom. The van der Waals surface area contributed by atoms with Crippen LogP contribution < -0.4 is 5.32 Å². The van der Waals surface area contributed by atoms with Gasteiger partial charge in [-0.05, 0) is 50.0 Å². The second-order valence-electron chi connectivity index (χ2n) is 7.93. The minimum atomic E-state index is -3.26. The van der Waals surface area contributed by atoms with Crippen LogP contribution in [0.3, 0.4) is 0 Å². The molecule has 0 aromatic heterocycles. The second-order valence-corrected chi connectivity index (χ2v) is 10.5. The van der Waals surface area contributed by atoms with Crippen molar-refractivity contribution in [1.82, 2.24) is 0 Å². The third-order valence-electron chi connectivity index (χ3n) is 3.43. The fourth-order valence-electron chi connectivity index (χ4n) is 2.12. The van der Waals surface area contributed by atoms with E-state index in [9.17, 15) is 4.57 Å². The normalized spacial score (nSPS) is 12.7. The zero-order valence-electron chi connectivity index (χ0n) is 18.4. The van der Waals surface area contributed by atoms with E-state index in [4.69, 9.17) is 26.0 Å². The number of rotatable bonds is 11. The van der Waals surface area contributed by atoms with E-state index < -0.39 is 7.60 Å². The molecule has 0 unspecified atom stereocenters. The van der Waals surface area contributed by atoms with E-state index in [1.807, 2.05) is 71.9 Å². The van der Waals surface area contributed by atoms with Crippen molar-refractivity contribution in [2.24, 2.45) is 16.8 Å². The molecule has 0 saturated carbocycles. The van der Waals surface area contributed by atoms with E-state index in [1.165, 1.54) is 0 Å². The highest BCUT2D eigenvalue weighted by molar-refractivity contribution is 7.80. The van der Waals surface area contributed by atoms with E-state index >= 15 is 0 Å². The van der Waals surface area contributed by atoms with Gasteiger partial charge < -0.3 is 19.1 Å². The van der Waals surface area contributed by atoms with Crippen molar-refractivity contribution in [1.29, 1.82) is 0 Å². The van der Waals surface area contributed by atoms with Crippen LogP contribution in [0.1, 0.15) is 48.0 Å². The van der Waals surface area contributed by atoms with Crippen LogP contribution in [0, 0.1) is 11.8 Å². The Bertz CT molecular complexity index is 677. The van der Waals surface area contributed by atoms with Crippen LogP contribution in [-0.2, 0) is 18.3 Å². The van der Waals surface area contributed by atoms with Gasteiger partial charge in [-0.15, -0.1) is 0 Å². The molecule has 0 aliphatic carbocycles. The maximum absolute atomic E-state index is 13.2. The van der Waals surface area contributed by atoms with Crippen molar-refractivity contribution < 1.29 is 18.3 Å². The second kappa shape index (κ2) is 13.1. The largest absolute Gasteiger partial charge is 0.478 e. The first-order valence-corrected chi connectivity index (χ1v) is 12.2. The van der Waals surface area contributed by atoms with Crippen LogP contribution in [0.5, 0.6) is 0 Å². The standard InChI is InChI=1S/C21H35N2O4PS/c1-16(2)14-25-28(24,26-15-17(3)4)13-12-20(27-18(5)6)23-21(29)22-19-10-8-7-9-11-19/h7-11,16-18H,12-15H2,1-6H3,(H,22,29). The van der Waals surface area contributed by atoms with Crippen molar-refractivity contribution in [2.75, 3.05) is 24.7 Å². The van der Waals surface area contributed by atoms with Gasteiger partial charge in [0.2, 0.25) is 0 Å². The molecule has 29 heavy (non-hydrogen) atoms. The van der Waals surface area contributed by atoms with E-state index in [1.54, 1.807) is 0 Å². The molecule has 1 rings (SSSR count). The maximum Gasteiger partial charge on any atom is 0.331 e. The molecule has 0 amide bonds. The topological polar surface area (TPSA) is 69.2 Å². The number of benzene rings is 1. The predicted molar refractivity (Wildman–Crippen MR) is 125 cm³/mol. The summed E-state index contributed by atoms with van der Waals surface area (Å²) in [4.78, 5) is 4.39. The van der Waals surface area contributed by atoms with Gasteiger partial charge in [-0.1, -0.05) is 45.9 Å². The lowest BCUT2D eigenvalue weighted by molar-refractivity contribution is 0.172. The van der Waals surface area contributed by atoms with Crippen molar-refractivity contribution in [3.8, 4) is 0 Å². The molecular weight excluding hydrogens is 407 g/mol. The first-order valence-electron chi connectivity index (χ1n) is 10.1. The number of ether oxygens (including phenoxy) is 1. The molecule has 0 spiro atoms. The highest BCUT2D eigenvalue weighted by Crippen LogP contribution is 2.49. The van der Waals surface area contributed by atoms with Gasteiger partial charge in [-0.2, -0.15) is 4.99 Å². The van der Waals surface area contributed by atoms with Crippen molar-refractivity contribution >= 4 is 36.5 Å². The lowest BCUT2D eigenvalue weighted by Crippen LogP contribution is -2.18. The highest BCUT2D eigenvalue weighted by Gasteiger charge is 2.27. The fraction of sp³-hybridized carbons (Fsp3) is 0.619. The van der Waals surface area contributed by atoms with Gasteiger partial charge in [0.25, 0.3) is 0 Å². The van der Waals surface area contributed by atoms with Crippen molar-refractivity contribution in [3.63, 3.8) is 0 Å². The van der Waals surface area contributed by atoms with Crippen LogP contribution in [0.4, 0.5) is 5.69 Å². The first kappa shape index (κ1) is 25.8. The summed E-state index contributed by atoms with van der Waals surface area (Å²) in [6, 6.07) is 9.55. The summed E-state index contributed by atoms with van der Waals surface area (Å²) in [7, 11) is -3.26. The molecule has 164 valence electrons. The van der Waals surface area contributed by atoms with Crippen LogP contribution in [0.25, 0.3) is 0 Å². The van der Waals surface area contributed by atoms with Gasteiger partial charge in [-0.3, -0.25) is 4.57 Å². The molecule has 0 aliphatic rings. The smallest absolute Gasteiger partial charge is 0.331 e. The average molecular weight is 443 g/mol. The van der Waals surface area contributed by atoms with E-state index in [2.05, 4.69) is 10.3 Å². The molecule has 0 atom stereocenters. The van der Waals surface area contributed by atoms with Gasteiger partial charge >= 0.3 is 7.60 Å². The average Bonchev–Trinajstić information content (AvgIpc) is 2.63. The molecule has 8 heteroatoms. The zero-order chi connectivity index (χ0) is 21.9. The summed E-state index contributed by atoms with van der Waals surface area (Å²) < 4.78 is 30.3. The molecule has 0 heterocycles. The Labute approximate surface area is 181 Å². The predicted octanol–water partition coefficient (Wildman–Crippen LogP) is 6.14. The Morgan fingerprint density at radius 3 is 2.07 bits per heavy atom. The van der Waals surface area contributed by atoms with E-state index in [-0.39, 0.29) is 29.2 Å². The van der Waals surface area contributed by atoms with E-state index in [0.717, 1.165) is 5.69 Å². The number of hydrogen-bond donors (Lipinski definition) is 1. The first-order chi connectivity index (χ1) is 13.6. The molecule has 0 radical (unpaired) electrons. The zero-order valence-corrected chi connectivity index (χ0v) is 20.1.